The fourth-order valence-electron chi connectivity index (χ4n) is 4.51. The molecule has 0 aliphatic carbocycles. The van der Waals surface area contributed by atoms with Gasteiger partial charge in [-0.05, 0) is 37.1 Å². The summed E-state index contributed by atoms with van der Waals surface area (Å²) in [5, 5.41) is 13.8. The van der Waals surface area contributed by atoms with Gasteiger partial charge in [-0.15, -0.1) is 0 Å². The van der Waals surface area contributed by atoms with Crippen molar-refractivity contribution < 1.29 is 40.7 Å². The standard InChI is InChI=1S/C24H19F6N5O3/c25-23(26,27)14-5-12(6-15(7-14)24(28,29)30)19-8-17-18(10-32-21(31)20(17)38-19)13-9-33-35(11-13)16-1-3-34(4-2-16)22(36)37/h5-11,16H,1-4H2,(H2,31,32)(H,36,37). The van der Waals surface area contributed by atoms with Crippen LogP contribution in [-0.4, -0.2) is 44.0 Å². The number of amides is 1. The number of furan rings is 1. The zero-order valence-corrected chi connectivity index (χ0v) is 19.3. The Bertz CT molecular complexity index is 1480. The Kier molecular flexibility index (Phi) is 5.99. The highest BCUT2D eigenvalue weighted by atomic mass is 19.4. The normalized spacial score (nSPS) is 15.4. The van der Waals surface area contributed by atoms with E-state index in [1.54, 1.807) is 10.9 Å². The third kappa shape index (κ3) is 4.73. The van der Waals surface area contributed by atoms with Crippen LogP contribution < -0.4 is 5.73 Å². The summed E-state index contributed by atoms with van der Waals surface area (Å²) in [6.07, 6.45) is -5.24. The maximum absolute atomic E-state index is 13.4. The highest BCUT2D eigenvalue weighted by Gasteiger charge is 2.37. The van der Waals surface area contributed by atoms with Crippen LogP contribution in [0.3, 0.4) is 0 Å². The predicted octanol–water partition coefficient (Wildman–Crippen LogP) is 6.29. The Labute approximate surface area is 210 Å². The molecule has 1 aliphatic rings. The predicted molar refractivity (Wildman–Crippen MR) is 123 cm³/mol. The number of fused-ring (bicyclic) bond motifs is 1. The fourth-order valence-corrected chi connectivity index (χ4v) is 4.51. The zero-order valence-electron chi connectivity index (χ0n) is 19.3. The number of nitrogen functional groups attached to an aromatic ring is 1. The molecule has 4 heterocycles. The van der Waals surface area contributed by atoms with Crippen LogP contribution in [0.5, 0.6) is 0 Å². The number of carbonyl (C=O) groups is 1. The second-order valence-corrected chi connectivity index (χ2v) is 8.91. The van der Waals surface area contributed by atoms with Crippen LogP contribution in [0.25, 0.3) is 33.4 Å². The number of hydrogen-bond acceptors (Lipinski definition) is 5. The molecule has 8 nitrogen and oxygen atoms in total. The number of alkyl halides is 6. The first-order chi connectivity index (χ1) is 17.8. The minimum atomic E-state index is -5.01. The molecule has 200 valence electrons. The molecule has 38 heavy (non-hydrogen) atoms. The molecule has 3 aromatic heterocycles. The van der Waals surface area contributed by atoms with Crippen molar-refractivity contribution in [3.63, 3.8) is 0 Å². The molecule has 1 amide bonds. The van der Waals surface area contributed by atoms with Gasteiger partial charge in [0.2, 0.25) is 0 Å². The first-order valence-electron chi connectivity index (χ1n) is 11.3. The first kappa shape index (κ1) is 25.4. The summed E-state index contributed by atoms with van der Waals surface area (Å²) in [7, 11) is 0. The Morgan fingerprint density at radius 3 is 2.18 bits per heavy atom. The van der Waals surface area contributed by atoms with Crippen LogP contribution in [-0.2, 0) is 12.4 Å². The van der Waals surface area contributed by atoms with E-state index >= 15 is 0 Å². The van der Waals surface area contributed by atoms with Crippen molar-refractivity contribution in [1.29, 1.82) is 0 Å². The van der Waals surface area contributed by atoms with E-state index < -0.39 is 35.1 Å². The summed E-state index contributed by atoms with van der Waals surface area (Å²) in [6.45, 7) is 0.704. The number of nitrogens with zero attached hydrogens (tertiary/aromatic N) is 4. The maximum Gasteiger partial charge on any atom is 0.416 e. The first-order valence-corrected chi connectivity index (χ1v) is 11.3. The lowest BCUT2D eigenvalue weighted by molar-refractivity contribution is -0.143. The third-order valence-corrected chi connectivity index (χ3v) is 6.48. The van der Waals surface area contributed by atoms with Crippen molar-refractivity contribution in [3.05, 3.63) is 54.0 Å². The highest BCUT2D eigenvalue weighted by molar-refractivity contribution is 6.00. The van der Waals surface area contributed by atoms with Crippen molar-refractivity contribution >= 4 is 22.9 Å². The van der Waals surface area contributed by atoms with E-state index in [2.05, 4.69) is 10.1 Å². The van der Waals surface area contributed by atoms with E-state index in [4.69, 9.17) is 15.3 Å². The lowest BCUT2D eigenvalue weighted by Gasteiger charge is -2.30. The lowest BCUT2D eigenvalue weighted by Crippen LogP contribution is -2.38. The molecular weight excluding hydrogens is 520 g/mol. The summed E-state index contributed by atoms with van der Waals surface area (Å²) in [5.74, 6) is -0.336. The number of benzene rings is 1. The molecule has 1 fully saturated rings. The summed E-state index contributed by atoms with van der Waals surface area (Å²) in [4.78, 5) is 16.5. The van der Waals surface area contributed by atoms with Gasteiger partial charge in [-0.1, -0.05) is 0 Å². The Hall–Kier alpha value is -4.23. The van der Waals surface area contributed by atoms with Crippen molar-refractivity contribution in [2.75, 3.05) is 18.8 Å². The fraction of sp³-hybridized carbons (Fsp3) is 0.292. The van der Waals surface area contributed by atoms with E-state index in [1.165, 1.54) is 23.4 Å². The molecule has 0 spiro atoms. The van der Waals surface area contributed by atoms with E-state index in [-0.39, 0.29) is 29.3 Å². The van der Waals surface area contributed by atoms with Crippen LogP contribution >= 0.6 is 0 Å². The van der Waals surface area contributed by atoms with Gasteiger partial charge in [-0.25, -0.2) is 9.78 Å². The van der Waals surface area contributed by atoms with Gasteiger partial charge in [0, 0.05) is 47.6 Å². The largest absolute Gasteiger partial charge is 0.465 e. The van der Waals surface area contributed by atoms with Gasteiger partial charge < -0.3 is 20.2 Å². The monoisotopic (exact) mass is 539 g/mol. The topological polar surface area (TPSA) is 110 Å². The van der Waals surface area contributed by atoms with E-state index in [9.17, 15) is 31.1 Å². The summed E-state index contributed by atoms with van der Waals surface area (Å²) >= 11 is 0. The Morgan fingerprint density at radius 2 is 1.61 bits per heavy atom. The highest BCUT2D eigenvalue weighted by Crippen LogP contribution is 2.41. The average molecular weight is 539 g/mol. The Balaban J connectivity index is 1.54. The van der Waals surface area contributed by atoms with Gasteiger partial charge in [-0.2, -0.15) is 31.4 Å². The second kappa shape index (κ2) is 8.96. The van der Waals surface area contributed by atoms with Crippen LogP contribution in [0.15, 0.2) is 47.3 Å². The summed E-state index contributed by atoms with van der Waals surface area (Å²) < 4.78 is 87.4. The molecule has 3 N–H and O–H groups in total. The van der Waals surface area contributed by atoms with Gasteiger partial charge in [0.1, 0.15) is 5.76 Å². The number of nitrogens with two attached hydrogens (primary N) is 1. The number of halogens is 6. The molecule has 4 aromatic rings. The van der Waals surface area contributed by atoms with Crippen LogP contribution in [0.2, 0.25) is 0 Å². The second-order valence-electron chi connectivity index (χ2n) is 8.91. The number of carboxylic acid groups (broad SMARTS) is 1. The zero-order chi connectivity index (χ0) is 27.4. The smallest absolute Gasteiger partial charge is 0.416 e. The van der Waals surface area contributed by atoms with Crippen molar-refractivity contribution in [1.82, 2.24) is 19.7 Å². The average Bonchev–Trinajstić information content (AvgIpc) is 3.52. The Morgan fingerprint density at radius 1 is 0.974 bits per heavy atom. The summed E-state index contributed by atoms with van der Waals surface area (Å²) in [5.41, 5.74) is 3.59. The molecule has 1 saturated heterocycles. The number of piperidine rings is 1. The maximum atomic E-state index is 13.4. The molecule has 14 heteroatoms. The van der Waals surface area contributed by atoms with E-state index in [1.807, 2.05) is 0 Å². The van der Waals surface area contributed by atoms with E-state index in [0.29, 0.717) is 54.6 Å². The molecule has 0 saturated carbocycles. The number of hydrogen-bond donors (Lipinski definition) is 2. The van der Waals surface area contributed by atoms with Gasteiger partial charge in [0.05, 0.1) is 23.4 Å². The van der Waals surface area contributed by atoms with Gasteiger partial charge in [-0.3, -0.25) is 4.68 Å². The molecule has 1 aromatic carbocycles. The van der Waals surface area contributed by atoms with Crippen molar-refractivity contribution in [2.45, 2.75) is 31.2 Å². The van der Waals surface area contributed by atoms with Gasteiger partial charge in [0.25, 0.3) is 0 Å². The molecular formula is C24H19F6N5O3. The van der Waals surface area contributed by atoms with Crippen molar-refractivity contribution in [3.8, 4) is 22.5 Å². The molecule has 0 atom stereocenters. The molecule has 0 unspecified atom stereocenters. The molecule has 1 aliphatic heterocycles. The minimum Gasteiger partial charge on any atom is -0.465 e. The number of rotatable bonds is 3. The molecule has 0 bridgehead atoms. The van der Waals surface area contributed by atoms with Crippen LogP contribution in [0, 0.1) is 0 Å². The van der Waals surface area contributed by atoms with Crippen LogP contribution in [0.4, 0.5) is 37.0 Å². The molecule has 5 rings (SSSR count). The van der Waals surface area contributed by atoms with E-state index in [0.717, 1.165) is 0 Å². The minimum absolute atomic E-state index is 0.00554. The van der Waals surface area contributed by atoms with Crippen LogP contribution in [0.1, 0.15) is 30.0 Å². The number of aromatic nitrogens is 3. The van der Waals surface area contributed by atoms with Gasteiger partial charge >= 0.3 is 18.4 Å². The summed E-state index contributed by atoms with van der Waals surface area (Å²) in [6, 6.07) is 2.47. The quantitative estimate of drug-likeness (QED) is 0.296. The third-order valence-electron chi connectivity index (χ3n) is 6.48. The SMILES string of the molecule is Nc1ncc(-c2cnn(C3CCN(C(=O)O)CC3)c2)c2cc(-c3cc(C(F)(F)F)cc(C(F)(F)F)c3)oc12. The van der Waals surface area contributed by atoms with Crippen molar-refractivity contribution in [2.24, 2.45) is 0 Å². The number of pyridine rings is 1. The van der Waals surface area contributed by atoms with Gasteiger partial charge in [0.15, 0.2) is 11.4 Å². The lowest BCUT2D eigenvalue weighted by atomic mass is 10.0. The number of likely N-dealkylation sites (tertiary alicyclic amines) is 1. The molecule has 0 radical (unpaired) electrons. The number of anilines is 1.